The van der Waals surface area contributed by atoms with Crippen molar-refractivity contribution in [2.45, 2.75) is 5.16 Å². The summed E-state index contributed by atoms with van der Waals surface area (Å²) in [4.78, 5) is 0. The van der Waals surface area contributed by atoms with Crippen LogP contribution < -0.4 is 4.74 Å². The summed E-state index contributed by atoms with van der Waals surface area (Å²) in [6.07, 6.45) is 0. The van der Waals surface area contributed by atoms with Crippen molar-refractivity contribution >= 4 is 17.5 Å². The Bertz CT molecular complexity index is 1150. The maximum absolute atomic E-state index is 5.23. The first-order valence-electron chi connectivity index (χ1n) is 8.73. The fourth-order valence-corrected chi connectivity index (χ4v) is 3.85. The van der Waals surface area contributed by atoms with Gasteiger partial charge in [-0.25, -0.2) is 0 Å². The second-order valence-electron chi connectivity index (χ2n) is 6.21. The van der Waals surface area contributed by atoms with Crippen LogP contribution in [0.4, 0.5) is 0 Å². The molecular formula is C20H16N6OS. The highest BCUT2D eigenvalue weighted by atomic mass is 32.2. The molecule has 0 saturated heterocycles. The molecule has 0 aliphatic carbocycles. The maximum Gasteiger partial charge on any atom is 0.212 e. The third-order valence-electron chi connectivity index (χ3n) is 4.48. The Morgan fingerprint density at radius 1 is 1.00 bits per heavy atom. The molecule has 138 valence electrons. The molecule has 0 amide bonds. The Balaban J connectivity index is 1.51. The molecule has 4 aromatic rings. The van der Waals surface area contributed by atoms with Crippen LogP contribution in [0.15, 0.2) is 70.9 Å². The monoisotopic (exact) mass is 388 g/mol. The van der Waals surface area contributed by atoms with E-state index in [1.807, 2.05) is 60.7 Å². The van der Waals surface area contributed by atoms with Crippen LogP contribution in [0.3, 0.4) is 0 Å². The summed E-state index contributed by atoms with van der Waals surface area (Å²) in [6.45, 7) is 0. The van der Waals surface area contributed by atoms with Gasteiger partial charge < -0.3 is 4.74 Å². The molecule has 2 aromatic carbocycles. The number of H-pyrrole nitrogens is 1. The number of methoxy groups -OCH3 is 1. The van der Waals surface area contributed by atoms with Gasteiger partial charge in [-0.3, -0.25) is 5.10 Å². The number of thioether (sulfide) groups is 1. The fraction of sp³-hybridized carbons (Fsp3) is 0.100. The number of ether oxygens (including phenoxy) is 1. The Morgan fingerprint density at radius 2 is 1.82 bits per heavy atom. The van der Waals surface area contributed by atoms with Gasteiger partial charge in [0, 0.05) is 11.3 Å². The van der Waals surface area contributed by atoms with Crippen LogP contribution >= 0.6 is 11.8 Å². The number of nitrogens with zero attached hydrogens (tertiary/aromatic N) is 5. The van der Waals surface area contributed by atoms with E-state index in [9.17, 15) is 0 Å². The van der Waals surface area contributed by atoms with Crippen molar-refractivity contribution in [2.24, 2.45) is 5.10 Å². The zero-order valence-corrected chi connectivity index (χ0v) is 15.8. The van der Waals surface area contributed by atoms with E-state index in [0.29, 0.717) is 5.82 Å². The van der Waals surface area contributed by atoms with Gasteiger partial charge in [0.1, 0.15) is 11.4 Å². The summed E-state index contributed by atoms with van der Waals surface area (Å²) in [5.41, 5.74) is 4.69. The summed E-state index contributed by atoms with van der Waals surface area (Å²) < 4.78 is 7.01. The molecule has 28 heavy (non-hydrogen) atoms. The van der Waals surface area contributed by atoms with Gasteiger partial charge >= 0.3 is 0 Å². The second-order valence-corrected chi connectivity index (χ2v) is 7.16. The smallest absolute Gasteiger partial charge is 0.212 e. The van der Waals surface area contributed by atoms with E-state index in [1.165, 1.54) is 0 Å². The van der Waals surface area contributed by atoms with Crippen LogP contribution in [0.2, 0.25) is 0 Å². The van der Waals surface area contributed by atoms with E-state index < -0.39 is 0 Å². The van der Waals surface area contributed by atoms with E-state index >= 15 is 0 Å². The molecular weight excluding hydrogens is 372 g/mol. The average Bonchev–Trinajstić information content (AvgIpc) is 3.41. The number of benzene rings is 2. The van der Waals surface area contributed by atoms with Gasteiger partial charge in [-0.05, 0) is 35.9 Å². The lowest BCUT2D eigenvalue weighted by Crippen LogP contribution is -2.13. The van der Waals surface area contributed by atoms with E-state index in [0.717, 1.165) is 44.9 Å². The lowest BCUT2D eigenvalue weighted by molar-refractivity contribution is 0.415. The van der Waals surface area contributed by atoms with Gasteiger partial charge in [0.25, 0.3) is 0 Å². The summed E-state index contributed by atoms with van der Waals surface area (Å²) >= 11 is 1.61. The molecule has 0 radical (unpaired) electrons. The molecule has 0 fully saturated rings. The molecule has 0 spiro atoms. The summed E-state index contributed by atoms with van der Waals surface area (Å²) in [7, 11) is 1.66. The topological polar surface area (TPSA) is 81.0 Å². The number of fused-ring (bicyclic) bond motifs is 1. The molecule has 1 N–H and O–H groups in total. The molecule has 3 heterocycles. The molecule has 0 saturated carbocycles. The Kier molecular flexibility index (Phi) is 4.17. The summed E-state index contributed by atoms with van der Waals surface area (Å²) in [5, 5.41) is 21.6. The zero-order valence-electron chi connectivity index (χ0n) is 15.0. The predicted octanol–water partition coefficient (Wildman–Crippen LogP) is 3.70. The van der Waals surface area contributed by atoms with Crippen molar-refractivity contribution in [1.82, 2.24) is 25.1 Å². The van der Waals surface area contributed by atoms with Crippen molar-refractivity contribution in [2.75, 3.05) is 12.9 Å². The number of hydrogen-bond donors (Lipinski definition) is 1. The highest BCUT2D eigenvalue weighted by molar-refractivity contribution is 7.99. The lowest BCUT2D eigenvalue weighted by Gasteiger charge is -2.13. The molecule has 0 atom stereocenters. The van der Waals surface area contributed by atoms with E-state index in [1.54, 1.807) is 23.5 Å². The quantitative estimate of drug-likeness (QED) is 0.576. The number of aromatic nitrogens is 5. The standard InChI is InChI=1S/C20H16N6OS/c1-27-15-9-7-14(8-10-15)18-12-28-20-24-23-19(26(20)25-18)17-11-16(21-22-17)13-5-3-2-4-6-13/h2-11H,12H2,1H3,(H,21,22). The number of rotatable bonds is 4. The average molecular weight is 388 g/mol. The number of hydrogen-bond acceptors (Lipinski definition) is 6. The molecule has 0 unspecified atom stereocenters. The predicted molar refractivity (Wildman–Crippen MR) is 109 cm³/mol. The van der Waals surface area contributed by atoms with Crippen molar-refractivity contribution < 1.29 is 4.74 Å². The molecule has 8 heteroatoms. The summed E-state index contributed by atoms with van der Waals surface area (Å²) in [5.74, 6) is 2.20. The minimum Gasteiger partial charge on any atom is -0.497 e. The Hall–Kier alpha value is -3.39. The molecule has 0 bridgehead atoms. The van der Waals surface area contributed by atoms with Gasteiger partial charge in [-0.15, -0.1) is 10.2 Å². The van der Waals surface area contributed by atoms with Gasteiger partial charge in [0.15, 0.2) is 0 Å². The van der Waals surface area contributed by atoms with Crippen molar-refractivity contribution in [3.63, 3.8) is 0 Å². The first-order chi connectivity index (χ1) is 13.8. The van der Waals surface area contributed by atoms with E-state index in [4.69, 9.17) is 9.84 Å². The third kappa shape index (κ3) is 2.97. The van der Waals surface area contributed by atoms with Crippen LogP contribution in [0, 0.1) is 0 Å². The van der Waals surface area contributed by atoms with Crippen LogP contribution in [-0.4, -0.2) is 43.6 Å². The van der Waals surface area contributed by atoms with E-state index in [2.05, 4.69) is 20.4 Å². The molecule has 7 nitrogen and oxygen atoms in total. The van der Waals surface area contributed by atoms with Crippen molar-refractivity contribution in [3.05, 3.63) is 66.2 Å². The molecule has 1 aliphatic rings. The first-order valence-corrected chi connectivity index (χ1v) is 9.72. The SMILES string of the molecule is COc1ccc(C2=Nn3c(nnc3-c3cc(-c4ccccc4)n[nH]3)SC2)cc1. The van der Waals surface area contributed by atoms with Crippen molar-refractivity contribution in [1.29, 1.82) is 0 Å². The van der Waals surface area contributed by atoms with Gasteiger partial charge in [0.2, 0.25) is 11.0 Å². The van der Waals surface area contributed by atoms with Crippen molar-refractivity contribution in [3.8, 4) is 28.5 Å². The minimum atomic E-state index is 0.642. The summed E-state index contributed by atoms with van der Waals surface area (Å²) in [6, 6.07) is 19.9. The van der Waals surface area contributed by atoms with Crippen LogP contribution in [0.1, 0.15) is 5.56 Å². The highest BCUT2D eigenvalue weighted by Crippen LogP contribution is 2.29. The van der Waals surface area contributed by atoms with Gasteiger partial charge in [0.05, 0.1) is 18.5 Å². The normalized spacial score (nSPS) is 13.1. The Labute approximate surface area is 165 Å². The van der Waals surface area contributed by atoms with Crippen LogP contribution in [-0.2, 0) is 0 Å². The number of nitrogens with one attached hydrogen (secondary N) is 1. The van der Waals surface area contributed by atoms with Gasteiger partial charge in [-0.1, -0.05) is 42.1 Å². The maximum atomic E-state index is 5.23. The third-order valence-corrected chi connectivity index (χ3v) is 5.41. The van der Waals surface area contributed by atoms with Crippen LogP contribution in [0.25, 0.3) is 22.8 Å². The second kappa shape index (κ2) is 6.97. The lowest BCUT2D eigenvalue weighted by atomic mass is 10.1. The van der Waals surface area contributed by atoms with Gasteiger partial charge in [-0.2, -0.15) is 14.9 Å². The number of aromatic amines is 1. The minimum absolute atomic E-state index is 0.642. The molecule has 1 aliphatic heterocycles. The molecule has 5 rings (SSSR count). The largest absolute Gasteiger partial charge is 0.497 e. The fourth-order valence-electron chi connectivity index (χ4n) is 3.01. The van der Waals surface area contributed by atoms with E-state index in [-0.39, 0.29) is 0 Å². The Morgan fingerprint density at radius 3 is 2.61 bits per heavy atom. The first kappa shape index (κ1) is 16.8. The highest BCUT2D eigenvalue weighted by Gasteiger charge is 2.22. The zero-order chi connectivity index (χ0) is 18.9. The molecule has 2 aromatic heterocycles. The van der Waals surface area contributed by atoms with Crippen LogP contribution in [0.5, 0.6) is 5.75 Å².